The lowest BCUT2D eigenvalue weighted by atomic mass is 9.96. The van der Waals surface area contributed by atoms with Crippen LogP contribution in [0.5, 0.6) is 0 Å². The fourth-order valence-electron chi connectivity index (χ4n) is 2.40. The largest absolute Gasteiger partial charge is 0.480 e. The lowest BCUT2D eigenvalue weighted by Gasteiger charge is -2.39. The van der Waals surface area contributed by atoms with Gasteiger partial charge in [0.05, 0.1) is 5.57 Å². The van der Waals surface area contributed by atoms with Crippen LogP contribution in [0, 0.1) is 0 Å². The second kappa shape index (κ2) is 3.53. The third-order valence-electron chi connectivity index (χ3n) is 3.36. The van der Waals surface area contributed by atoms with E-state index in [-0.39, 0.29) is 11.3 Å². The van der Waals surface area contributed by atoms with Crippen LogP contribution >= 0.6 is 10.5 Å². The number of β-lactam (4-membered cyclic amide) rings is 1. The number of fused-ring (bicyclic) bond motifs is 1. The van der Waals surface area contributed by atoms with Gasteiger partial charge in [-0.1, -0.05) is 5.87 Å². The number of carbonyl (C=O) groups excluding carboxylic acids is 2. The van der Waals surface area contributed by atoms with Gasteiger partial charge in [0.25, 0.3) is 5.91 Å². The molecule has 1 amide bonds. The summed E-state index contributed by atoms with van der Waals surface area (Å²) < 4.78 is -0.579. The van der Waals surface area contributed by atoms with Crippen LogP contribution in [0.3, 0.4) is 0 Å². The quantitative estimate of drug-likeness (QED) is 0.332. The van der Waals surface area contributed by atoms with Gasteiger partial charge in [0, 0.05) is 4.75 Å². The molecule has 0 radical (unpaired) electrons. The number of aldehydes is 1. The average molecular weight is 255 g/mol. The second-order valence-corrected chi connectivity index (χ2v) is 6.95. The van der Waals surface area contributed by atoms with Crippen molar-refractivity contribution >= 4 is 34.5 Å². The summed E-state index contributed by atoms with van der Waals surface area (Å²) in [5.74, 6) is 2.61. The van der Waals surface area contributed by atoms with Crippen molar-refractivity contribution in [3.8, 4) is 0 Å². The molecule has 1 unspecified atom stereocenters. The first kappa shape index (κ1) is 12.0. The minimum absolute atomic E-state index is 0.316. The summed E-state index contributed by atoms with van der Waals surface area (Å²) in [4.78, 5) is 34.8. The molecule has 0 aromatic heterocycles. The molecule has 0 aromatic carbocycles. The van der Waals surface area contributed by atoms with Crippen LogP contribution in [0.25, 0.3) is 0 Å². The van der Waals surface area contributed by atoms with E-state index in [1.54, 1.807) is 13.8 Å². The number of amides is 1. The minimum Gasteiger partial charge on any atom is -0.480 e. The molecule has 1 N–H and O–H groups in total. The fourth-order valence-corrected chi connectivity index (χ4v) is 4.45. The van der Waals surface area contributed by atoms with Gasteiger partial charge in [0.15, 0.2) is 0 Å². The van der Waals surface area contributed by atoms with Crippen molar-refractivity contribution in [3.63, 3.8) is 0 Å². The molecule has 6 heteroatoms. The first-order valence-corrected chi connectivity index (χ1v) is 6.53. The Morgan fingerprint density at radius 3 is 2.65 bits per heavy atom. The summed E-state index contributed by atoms with van der Waals surface area (Å²) >= 11 is 0. The summed E-state index contributed by atoms with van der Waals surface area (Å²) in [6.07, 6.45) is 1.78. The van der Waals surface area contributed by atoms with Gasteiger partial charge < -0.3 is 10.0 Å². The van der Waals surface area contributed by atoms with Gasteiger partial charge in [-0.15, -0.1) is 0 Å². The molecule has 0 spiro atoms. The Bertz CT molecular complexity index is 480. The highest BCUT2D eigenvalue weighted by atomic mass is 32.2. The number of rotatable bonds is 2. The molecule has 17 heavy (non-hydrogen) atoms. The van der Waals surface area contributed by atoms with Crippen molar-refractivity contribution in [1.29, 1.82) is 0 Å². The first-order chi connectivity index (χ1) is 7.84. The summed E-state index contributed by atoms with van der Waals surface area (Å²) in [6.45, 7) is 3.60. The molecule has 0 saturated carbocycles. The van der Waals surface area contributed by atoms with E-state index in [1.165, 1.54) is 11.0 Å². The number of aliphatic carboxylic acids is 1. The monoisotopic (exact) mass is 255 g/mol. The zero-order chi connectivity index (χ0) is 13.0. The SMILES string of the molecule is C=S1[C@@H]2/C(=C/C=O)C(=O)N2[C@@H](C(=O)O)C1(C)C. The molecule has 2 fully saturated rings. The molecule has 92 valence electrons. The van der Waals surface area contributed by atoms with E-state index in [0.29, 0.717) is 11.9 Å². The van der Waals surface area contributed by atoms with E-state index in [0.717, 1.165) is 0 Å². The maximum atomic E-state index is 11.8. The zero-order valence-electron chi connectivity index (χ0n) is 9.54. The van der Waals surface area contributed by atoms with Crippen LogP contribution in [-0.4, -0.2) is 50.2 Å². The van der Waals surface area contributed by atoms with E-state index in [2.05, 4.69) is 5.87 Å². The summed E-state index contributed by atoms with van der Waals surface area (Å²) in [5.41, 5.74) is 0.384. The molecule has 0 aliphatic carbocycles. The predicted octanol–water partition coefficient (Wildman–Crippen LogP) is 0.226. The Morgan fingerprint density at radius 2 is 2.18 bits per heavy atom. The van der Waals surface area contributed by atoms with E-state index >= 15 is 0 Å². The van der Waals surface area contributed by atoms with Crippen LogP contribution in [0.1, 0.15) is 13.8 Å². The first-order valence-electron chi connectivity index (χ1n) is 5.07. The molecule has 2 aliphatic heterocycles. The van der Waals surface area contributed by atoms with Crippen LogP contribution in [0.2, 0.25) is 0 Å². The molecule has 0 aromatic rings. The summed E-state index contributed by atoms with van der Waals surface area (Å²) in [5, 5.41) is 8.90. The molecule has 2 heterocycles. The Labute approximate surface area is 101 Å². The van der Waals surface area contributed by atoms with Crippen molar-refractivity contribution < 1.29 is 19.5 Å². The minimum atomic E-state index is -1.02. The third kappa shape index (κ3) is 1.33. The number of carboxylic acid groups (broad SMARTS) is 1. The Kier molecular flexibility index (Phi) is 2.50. The van der Waals surface area contributed by atoms with Crippen LogP contribution in [-0.2, 0) is 14.4 Å². The molecule has 0 bridgehead atoms. The highest BCUT2D eigenvalue weighted by molar-refractivity contribution is 8.16. The topological polar surface area (TPSA) is 74.7 Å². The molecule has 2 rings (SSSR count). The molecular weight excluding hydrogens is 242 g/mol. The van der Waals surface area contributed by atoms with Crippen molar-refractivity contribution in [2.24, 2.45) is 0 Å². The van der Waals surface area contributed by atoms with Crippen LogP contribution in [0.4, 0.5) is 0 Å². The van der Waals surface area contributed by atoms with Gasteiger partial charge in [0.2, 0.25) is 0 Å². The van der Waals surface area contributed by atoms with Crippen molar-refractivity contribution in [3.05, 3.63) is 11.6 Å². The average Bonchev–Trinajstić information content (AvgIpc) is 2.42. The normalized spacial score (nSPS) is 36.6. The van der Waals surface area contributed by atoms with Gasteiger partial charge in [-0.3, -0.25) is 9.59 Å². The van der Waals surface area contributed by atoms with Gasteiger partial charge in [-0.25, -0.2) is 4.79 Å². The van der Waals surface area contributed by atoms with E-state index in [9.17, 15) is 19.5 Å². The Hall–Kier alpha value is -1.43. The highest BCUT2D eigenvalue weighted by Crippen LogP contribution is 2.56. The van der Waals surface area contributed by atoms with E-state index < -0.39 is 27.2 Å². The number of carboxylic acids is 1. The van der Waals surface area contributed by atoms with Crippen molar-refractivity contribution in [1.82, 2.24) is 4.90 Å². The fraction of sp³-hybridized carbons (Fsp3) is 0.455. The van der Waals surface area contributed by atoms with Gasteiger partial charge in [0.1, 0.15) is 17.7 Å². The Balaban J connectivity index is 2.48. The van der Waals surface area contributed by atoms with E-state index in [1.807, 2.05) is 0 Å². The number of allylic oxidation sites excluding steroid dienone is 1. The smallest absolute Gasteiger partial charge is 0.327 e. The van der Waals surface area contributed by atoms with Crippen molar-refractivity contribution in [2.75, 3.05) is 0 Å². The molecule has 2 aliphatic rings. The predicted molar refractivity (Wildman–Crippen MR) is 65.0 cm³/mol. The standard InChI is InChI=1S/C11H13NO4S/c1-11(2)7(10(15)16)12-8(14)6(4-5-13)9(12)17(11)3/h4-5,7,9H,3H2,1-2H3,(H,15,16)/b6-4+/t7-,9+,17?/m0/s1. The number of hydrogen-bond donors (Lipinski definition) is 1. The highest BCUT2D eigenvalue weighted by Gasteiger charge is 2.62. The lowest BCUT2D eigenvalue weighted by molar-refractivity contribution is -0.152. The summed E-state index contributed by atoms with van der Waals surface area (Å²) in [7, 11) is -0.527. The second-order valence-electron chi connectivity index (χ2n) is 4.60. The molecule has 3 atom stereocenters. The molecule has 5 nitrogen and oxygen atoms in total. The molecular formula is C11H13NO4S. The molecule has 2 saturated heterocycles. The van der Waals surface area contributed by atoms with Gasteiger partial charge >= 0.3 is 5.97 Å². The summed E-state index contributed by atoms with van der Waals surface area (Å²) in [6, 6.07) is -0.857. The Morgan fingerprint density at radius 1 is 1.59 bits per heavy atom. The zero-order valence-corrected chi connectivity index (χ0v) is 10.4. The van der Waals surface area contributed by atoms with Gasteiger partial charge in [-0.2, -0.15) is 10.5 Å². The van der Waals surface area contributed by atoms with Crippen molar-refractivity contribution in [2.45, 2.75) is 30.0 Å². The lowest BCUT2D eigenvalue weighted by Crippen LogP contribution is -2.58. The number of nitrogens with zero attached hydrogens (tertiary/aromatic N) is 1. The third-order valence-corrected chi connectivity index (χ3v) is 5.96. The number of carbonyl (C=O) groups is 3. The van der Waals surface area contributed by atoms with E-state index in [4.69, 9.17) is 0 Å². The number of hydrogen-bond acceptors (Lipinski definition) is 3. The van der Waals surface area contributed by atoms with Gasteiger partial charge in [-0.05, 0) is 19.9 Å². The van der Waals surface area contributed by atoms with Crippen LogP contribution < -0.4 is 0 Å². The van der Waals surface area contributed by atoms with Crippen LogP contribution in [0.15, 0.2) is 11.6 Å². The maximum Gasteiger partial charge on any atom is 0.327 e. The maximum absolute atomic E-state index is 11.8.